The molecule has 0 unspecified atom stereocenters. The fourth-order valence-electron chi connectivity index (χ4n) is 4.03. The maximum atomic E-state index is 11.2. The second-order valence-corrected chi connectivity index (χ2v) is 6.79. The lowest BCUT2D eigenvalue weighted by Gasteiger charge is -2.40. The van der Waals surface area contributed by atoms with Gasteiger partial charge in [-0.1, -0.05) is 6.92 Å². The van der Waals surface area contributed by atoms with Crippen molar-refractivity contribution in [3.05, 3.63) is 24.0 Å². The number of aromatic nitrogens is 1. The molecule has 1 aliphatic heterocycles. The normalized spacial score (nSPS) is 28.6. The molecule has 1 aliphatic carbocycles. The van der Waals surface area contributed by atoms with E-state index >= 15 is 0 Å². The number of nitrogens with zero attached hydrogens (tertiary/aromatic N) is 2. The minimum absolute atomic E-state index is 0.352. The van der Waals surface area contributed by atoms with Crippen LogP contribution < -0.4 is 0 Å². The second kappa shape index (κ2) is 6.22. The average Bonchev–Trinajstić information content (AvgIpc) is 2.98. The number of hydrogen-bond donors (Lipinski definition) is 1. The molecule has 1 aromatic heterocycles. The van der Waals surface area contributed by atoms with Gasteiger partial charge < -0.3 is 14.6 Å². The molecule has 2 heterocycles. The van der Waals surface area contributed by atoms with Gasteiger partial charge >= 0.3 is 5.97 Å². The van der Waals surface area contributed by atoms with Crippen molar-refractivity contribution < 1.29 is 9.90 Å². The summed E-state index contributed by atoms with van der Waals surface area (Å²) in [7, 11) is 0. The Morgan fingerprint density at radius 1 is 1.10 bits per heavy atom. The Hall–Kier alpha value is -1.29. The minimum Gasteiger partial charge on any atom is -0.477 e. The van der Waals surface area contributed by atoms with Gasteiger partial charge in [-0.15, -0.1) is 0 Å². The zero-order chi connectivity index (χ0) is 14.8. The van der Waals surface area contributed by atoms with Crippen molar-refractivity contribution >= 4 is 5.97 Å². The smallest absolute Gasteiger partial charge is 0.352 e. The zero-order valence-corrected chi connectivity index (χ0v) is 12.9. The summed E-state index contributed by atoms with van der Waals surface area (Å²) in [6, 6.07) is 4.67. The van der Waals surface area contributed by atoms with Crippen LogP contribution in [-0.2, 0) is 0 Å². The number of piperidine rings is 1. The van der Waals surface area contributed by atoms with Crippen molar-refractivity contribution in [1.29, 1.82) is 0 Å². The lowest BCUT2D eigenvalue weighted by atomic mass is 9.85. The number of rotatable bonds is 3. The number of carbonyl (C=O) groups is 1. The maximum Gasteiger partial charge on any atom is 0.352 e. The average molecular weight is 290 g/mol. The minimum atomic E-state index is -0.816. The molecular formula is C17H26N2O2. The van der Waals surface area contributed by atoms with Crippen molar-refractivity contribution in [2.24, 2.45) is 5.92 Å². The molecule has 0 bridgehead atoms. The first kappa shape index (κ1) is 14.6. The monoisotopic (exact) mass is 290 g/mol. The van der Waals surface area contributed by atoms with E-state index in [-0.39, 0.29) is 0 Å². The molecule has 0 spiro atoms. The van der Waals surface area contributed by atoms with Crippen molar-refractivity contribution in [3.63, 3.8) is 0 Å². The van der Waals surface area contributed by atoms with Crippen molar-refractivity contribution in [2.45, 2.75) is 57.5 Å². The van der Waals surface area contributed by atoms with E-state index in [1.165, 1.54) is 25.7 Å². The molecule has 1 aromatic rings. The number of carboxylic acids is 1. The Morgan fingerprint density at radius 3 is 2.38 bits per heavy atom. The highest BCUT2D eigenvalue weighted by atomic mass is 16.4. The highest BCUT2D eigenvalue weighted by Crippen LogP contribution is 2.31. The predicted octanol–water partition coefficient (Wildman–Crippen LogP) is 3.40. The van der Waals surface area contributed by atoms with Crippen LogP contribution >= 0.6 is 0 Å². The lowest BCUT2D eigenvalue weighted by Crippen LogP contribution is -2.43. The topological polar surface area (TPSA) is 45.5 Å². The molecule has 1 saturated heterocycles. The molecule has 116 valence electrons. The summed E-state index contributed by atoms with van der Waals surface area (Å²) in [6.07, 6.45) is 9.48. The fraction of sp³-hybridized carbons (Fsp3) is 0.706. The van der Waals surface area contributed by atoms with Crippen LogP contribution in [0.4, 0.5) is 0 Å². The Morgan fingerprint density at radius 2 is 1.76 bits per heavy atom. The first-order chi connectivity index (χ1) is 10.1. The highest BCUT2D eigenvalue weighted by Gasteiger charge is 2.29. The van der Waals surface area contributed by atoms with Gasteiger partial charge in [0.15, 0.2) is 0 Å². The molecule has 4 nitrogen and oxygen atoms in total. The summed E-state index contributed by atoms with van der Waals surface area (Å²) in [4.78, 5) is 13.9. The predicted molar refractivity (Wildman–Crippen MR) is 82.7 cm³/mol. The van der Waals surface area contributed by atoms with Gasteiger partial charge in [0, 0.05) is 31.4 Å². The SMILES string of the molecule is CC1CCC(N2CCC(n3cccc3C(=O)O)CC2)CC1. The lowest BCUT2D eigenvalue weighted by molar-refractivity contribution is 0.0669. The molecule has 0 aromatic carbocycles. The number of hydrogen-bond acceptors (Lipinski definition) is 2. The van der Waals surface area contributed by atoms with Gasteiger partial charge in [-0.3, -0.25) is 0 Å². The van der Waals surface area contributed by atoms with Crippen LogP contribution in [0.15, 0.2) is 18.3 Å². The van der Waals surface area contributed by atoms with Crippen LogP contribution in [0.25, 0.3) is 0 Å². The van der Waals surface area contributed by atoms with E-state index in [2.05, 4.69) is 11.8 Å². The number of carboxylic acid groups (broad SMARTS) is 1. The molecule has 0 atom stereocenters. The van der Waals surface area contributed by atoms with Crippen LogP contribution in [0.2, 0.25) is 0 Å². The van der Waals surface area contributed by atoms with Crippen molar-refractivity contribution in [3.8, 4) is 0 Å². The molecule has 1 N–H and O–H groups in total. The van der Waals surface area contributed by atoms with Crippen LogP contribution in [0.5, 0.6) is 0 Å². The van der Waals surface area contributed by atoms with E-state index in [9.17, 15) is 9.90 Å². The highest BCUT2D eigenvalue weighted by molar-refractivity contribution is 5.85. The quantitative estimate of drug-likeness (QED) is 0.928. The molecule has 2 fully saturated rings. The molecule has 0 amide bonds. The summed E-state index contributed by atoms with van der Waals surface area (Å²) in [5.41, 5.74) is 0.431. The summed E-state index contributed by atoms with van der Waals surface area (Å²) in [5.74, 6) is 0.0838. The fourth-order valence-corrected chi connectivity index (χ4v) is 4.03. The summed E-state index contributed by atoms with van der Waals surface area (Å²) < 4.78 is 1.96. The molecule has 21 heavy (non-hydrogen) atoms. The molecule has 0 radical (unpaired) electrons. The van der Waals surface area contributed by atoms with E-state index in [1.807, 2.05) is 16.8 Å². The standard InChI is InChI=1S/C17H26N2O2/c1-13-4-6-14(7-5-13)18-11-8-15(9-12-18)19-10-2-3-16(19)17(20)21/h2-3,10,13-15H,4-9,11-12H2,1H3,(H,20,21). The molecular weight excluding hydrogens is 264 g/mol. The van der Waals surface area contributed by atoms with Crippen LogP contribution in [0.1, 0.15) is 62.0 Å². The van der Waals surface area contributed by atoms with E-state index < -0.39 is 5.97 Å². The third-order valence-corrected chi connectivity index (χ3v) is 5.39. The Bertz CT molecular complexity index is 481. The van der Waals surface area contributed by atoms with Gasteiger partial charge in [-0.05, 0) is 56.6 Å². The van der Waals surface area contributed by atoms with Crippen LogP contribution in [0.3, 0.4) is 0 Å². The molecule has 3 rings (SSSR count). The molecule has 4 heteroatoms. The van der Waals surface area contributed by atoms with Crippen LogP contribution in [0, 0.1) is 5.92 Å². The summed E-state index contributed by atoms with van der Waals surface area (Å²) >= 11 is 0. The third kappa shape index (κ3) is 3.15. The van der Waals surface area contributed by atoms with Gasteiger partial charge in [0.05, 0.1) is 0 Å². The first-order valence-electron chi connectivity index (χ1n) is 8.29. The summed E-state index contributed by atoms with van der Waals surface area (Å²) in [5, 5.41) is 9.23. The van der Waals surface area contributed by atoms with Gasteiger partial charge in [0.1, 0.15) is 5.69 Å². The Labute approximate surface area is 126 Å². The van der Waals surface area contributed by atoms with Crippen LogP contribution in [-0.4, -0.2) is 39.7 Å². The Balaban J connectivity index is 1.57. The van der Waals surface area contributed by atoms with Gasteiger partial charge in [-0.25, -0.2) is 4.79 Å². The number of likely N-dealkylation sites (tertiary alicyclic amines) is 1. The largest absolute Gasteiger partial charge is 0.477 e. The van der Waals surface area contributed by atoms with E-state index in [4.69, 9.17) is 0 Å². The van der Waals surface area contributed by atoms with E-state index in [0.29, 0.717) is 11.7 Å². The van der Waals surface area contributed by atoms with Crippen molar-refractivity contribution in [2.75, 3.05) is 13.1 Å². The molecule has 2 aliphatic rings. The van der Waals surface area contributed by atoms with E-state index in [0.717, 1.165) is 37.9 Å². The molecule has 1 saturated carbocycles. The van der Waals surface area contributed by atoms with Gasteiger partial charge in [0.25, 0.3) is 0 Å². The third-order valence-electron chi connectivity index (χ3n) is 5.39. The Kier molecular flexibility index (Phi) is 4.34. The van der Waals surface area contributed by atoms with Crippen molar-refractivity contribution in [1.82, 2.24) is 9.47 Å². The van der Waals surface area contributed by atoms with Gasteiger partial charge in [0.2, 0.25) is 0 Å². The zero-order valence-electron chi connectivity index (χ0n) is 12.9. The van der Waals surface area contributed by atoms with Gasteiger partial charge in [-0.2, -0.15) is 0 Å². The maximum absolute atomic E-state index is 11.2. The van der Waals surface area contributed by atoms with E-state index in [1.54, 1.807) is 6.07 Å². The second-order valence-electron chi connectivity index (χ2n) is 6.79. The summed E-state index contributed by atoms with van der Waals surface area (Å²) in [6.45, 7) is 4.59. The number of aromatic carboxylic acids is 1. The first-order valence-corrected chi connectivity index (χ1v) is 8.29.